The number of amides is 1. The van der Waals surface area contributed by atoms with Crippen molar-refractivity contribution < 1.29 is 9.53 Å². The van der Waals surface area contributed by atoms with Crippen LogP contribution < -0.4 is 0 Å². The lowest BCUT2D eigenvalue weighted by Gasteiger charge is -2.37. The minimum Gasteiger partial charge on any atom is -0.445 e. The van der Waals surface area contributed by atoms with Crippen LogP contribution in [0.1, 0.15) is 5.56 Å². The van der Waals surface area contributed by atoms with Gasteiger partial charge >= 0.3 is 6.09 Å². The molecule has 92 valence electrons. The number of hydrogen-bond acceptors (Lipinski definition) is 3. The number of carbonyl (C=O) groups excluding carboxylic acids is 1. The van der Waals surface area contributed by atoms with Gasteiger partial charge in [0.05, 0.1) is 0 Å². The van der Waals surface area contributed by atoms with Gasteiger partial charge in [-0.1, -0.05) is 30.3 Å². The monoisotopic (exact) mass is 251 g/mol. The third-order valence-electron chi connectivity index (χ3n) is 2.82. The van der Waals surface area contributed by atoms with Crippen molar-refractivity contribution in [3.05, 3.63) is 35.9 Å². The van der Waals surface area contributed by atoms with Crippen molar-refractivity contribution in [3.8, 4) is 0 Å². The Bertz CT molecular complexity index is 363. The third kappa shape index (κ3) is 3.40. The summed E-state index contributed by atoms with van der Waals surface area (Å²) in [5.41, 5.74) is 1.03. The predicted molar refractivity (Wildman–Crippen MR) is 70.1 cm³/mol. The topological polar surface area (TPSA) is 29.5 Å². The molecule has 1 aliphatic heterocycles. The largest absolute Gasteiger partial charge is 0.445 e. The molecular weight excluding hydrogens is 234 g/mol. The molecule has 1 heterocycles. The Morgan fingerprint density at radius 2 is 2.12 bits per heavy atom. The van der Waals surface area contributed by atoms with E-state index in [2.05, 4.69) is 6.26 Å². The number of likely N-dealkylation sites (tertiary alicyclic amines) is 1. The minimum absolute atomic E-state index is 0.189. The van der Waals surface area contributed by atoms with Crippen LogP contribution in [-0.4, -0.2) is 36.1 Å². The molecule has 0 spiro atoms. The highest BCUT2D eigenvalue weighted by molar-refractivity contribution is 7.98. The molecule has 0 atom stereocenters. The maximum absolute atomic E-state index is 11.6. The molecule has 2 rings (SSSR count). The van der Waals surface area contributed by atoms with Gasteiger partial charge in [-0.3, -0.25) is 0 Å². The van der Waals surface area contributed by atoms with Crippen molar-refractivity contribution >= 4 is 17.9 Å². The lowest BCUT2D eigenvalue weighted by Crippen LogP contribution is -2.51. The number of thioether (sulfide) groups is 1. The summed E-state index contributed by atoms with van der Waals surface area (Å²) < 4.78 is 5.24. The van der Waals surface area contributed by atoms with Crippen LogP contribution in [0, 0.1) is 5.92 Å². The van der Waals surface area contributed by atoms with Crippen LogP contribution in [0.4, 0.5) is 4.79 Å². The fraction of sp³-hybridized carbons (Fsp3) is 0.462. The van der Waals surface area contributed by atoms with Crippen molar-refractivity contribution in [2.45, 2.75) is 6.61 Å². The number of nitrogens with zero attached hydrogens (tertiary/aromatic N) is 1. The van der Waals surface area contributed by atoms with Crippen LogP contribution in [0.3, 0.4) is 0 Å². The Labute approximate surface area is 106 Å². The van der Waals surface area contributed by atoms with E-state index in [0.717, 1.165) is 24.4 Å². The van der Waals surface area contributed by atoms with Crippen LogP contribution in [0.5, 0.6) is 0 Å². The Morgan fingerprint density at radius 3 is 2.76 bits per heavy atom. The first-order valence-electron chi connectivity index (χ1n) is 5.74. The molecule has 1 aromatic rings. The SMILES string of the molecule is CSCC1CN(C(=O)OCc2ccccc2)C1. The Kier molecular flexibility index (Phi) is 4.31. The molecule has 1 fully saturated rings. The summed E-state index contributed by atoms with van der Waals surface area (Å²) in [5, 5.41) is 0. The van der Waals surface area contributed by atoms with E-state index in [4.69, 9.17) is 4.74 Å². The van der Waals surface area contributed by atoms with Crippen molar-refractivity contribution in [2.75, 3.05) is 25.1 Å². The Hall–Kier alpha value is -1.16. The Morgan fingerprint density at radius 1 is 1.41 bits per heavy atom. The second-order valence-electron chi connectivity index (χ2n) is 4.27. The zero-order valence-corrected chi connectivity index (χ0v) is 10.8. The van der Waals surface area contributed by atoms with Crippen molar-refractivity contribution in [1.82, 2.24) is 4.90 Å². The maximum atomic E-state index is 11.6. The molecule has 1 saturated heterocycles. The summed E-state index contributed by atoms with van der Waals surface area (Å²) in [7, 11) is 0. The summed E-state index contributed by atoms with van der Waals surface area (Å²) >= 11 is 1.83. The van der Waals surface area contributed by atoms with Crippen LogP contribution >= 0.6 is 11.8 Å². The van der Waals surface area contributed by atoms with Gasteiger partial charge in [0.1, 0.15) is 6.61 Å². The molecule has 0 N–H and O–H groups in total. The normalized spacial score (nSPS) is 15.5. The van der Waals surface area contributed by atoms with E-state index in [1.807, 2.05) is 42.1 Å². The quantitative estimate of drug-likeness (QED) is 0.824. The molecule has 4 heteroatoms. The number of rotatable bonds is 4. The molecular formula is C13H17NO2S. The fourth-order valence-corrected chi connectivity index (χ4v) is 2.55. The summed E-state index contributed by atoms with van der Waals surface area (Å²) in [6, 6.07) is 9.76. The molecule has 1 amide bonds. The maximum Gasteiger partial charge on any atom is 0.410 e. The van der Waals surface area contributed by atoms with Gasteiger partial charge in [0.25, 0.3) is 0 Å². The third-order valence-corrected chi connectivity index (χ3v) is 3.63. The van der Waals surface area contributed by atoms with Gasteiger partial charge in [0, 0.05) is 19.0 Å². The van der Waals surface area contributed by atoms with E-state index in [1.165, 1.54) is 0 Å². The van der Waals surface area contributed by atoms with Crippen molar-refractivity contribution in [2.24, 2.45) is 5.92 Å². The standard InChI is InChI=1S/C13H17NO2S/c1-17-10-12-7-14(8-12)13(15)16-9-11-5-3-2-4-6-11/h2-6,12H,7-10H2,1H3. The first-order chi connectivity index (χ1) is 8.29. The second-order valence-corrected chi connectivity index (χ2v) is 5.18. The van der Waals surface area contributed by atoms with Gasteiger partial charge < -0.3 is 9.64 Å². The highest BCUT2D eigenvalue weighted by Gasteiger charge is 2.30. The number of ether oxygens (including phenoxy) is 1. The smallest absolute Gasteiger partial charge is 0.410 e. The molecule has 0 aromatic heterocycles. The highest BCUT2D eigenvalue weighted by atomic mass is 32.2. The number of carbonyl (C=O) groups is 1. The van der Waals surface area contributed by atoms with E-state index in [0.29, 0.717) is 12.5 Å². The lowest BCUT2D eigenvalue weighted by molar-refractivity contribution is 0.0554. The minimum atomic E-state index is -0.189. The zero-order chi connectivity index (χ0) is 12.1. The average Bonchev–Trinajstić information content (AvgIpc) is 2.31. The molecule has 1 aromatic carbocycles. The van der Waals surface area contributed by atoms with E-state index in [1.54, 1.807) is 4.90 Å². The number of hydrogen-bond donors (Lipinski definition) is 0. The van der Waals surface area contributed by atoms with Gasteiger partial charge in [-0.25, -0.2) is 4.79 Å². The zero-order valence-electron chi connectivity index (χ0n) is 9.96. The van der Waals surface area contributed by atoms with Gasteiger partial charge in [-0.2, -0.15) is 11.8 Å². The predicted octanol–water partition coefficient (Wildman–Crippen LogP) is 2.62. The lowest BCUT2D eigenvalue weighted by atomic mass is 10.0. The van der Waals surface area contributed by atoms with Gasteiger partial charge in [0.15, 0.2) is 0 Å². The van der Waals surface area contributed by atoms with Crippen LogP contribution in [0.2, 0.25) is 0 Å². The summed E-state index contributed by atoms with van der Waals surface area (Å²) in [6.45, 7) is 2.05. The molecule has 0 bridgehead atoms. The van der Waals surface area contributed by atoms with Gasteiger partial charge in [-0.15, -0.1) is 0 Å². The molecule has 17 heavy (non-hydrogen) atoms. The van der Waals surface area contributed by atoms with E-state index in [9.17, 15) is 4.79 Å². The first-order valence-corrected chi connectivity index (χ1v) is 7.13. The molecule has 0 aliphatic carbocycles. The first kappa shape index (κ1) is 12.3. The van der Waals surface area contributed by atoms with E-state index in [-0.39, 0.29) is 6.09 Å². The molecule has 0 unspecified atom stereocenters. The number of benzene rings is 1. The van der Waals surface area contributed by atoms with Crippen LogP contribution in [-0.2, 0) is 11.3 Å². The summed E-state index contributed by atoms with van der Waals surface area (Å²) in [5.74, 6) is 1.77. The van der Waals surface area contributed by atoms with Gasteiger partial charge in [0.2, 0.25) is 0 Å². The average molecular weight is 251 g/mol. The highest BCUT2D eigenvalue weighted by Crippen LogP contribution is 2.20. The molecule has 0 radical (unpaired) electrons. The van der Waals surface area contributed by atoms with Gasteiger partial charge in [-0.05, 0) is 17.6 Å². The van der Waals surface area contributed by atoms with Crippen LogP contribution in [0.25, 0.3) is 0 Å². The fourth-order valence-electron chi connectivity index (χ4n) is 1.87. The van der Waals surface area contributed by atoms with Crippen LogP contribution in [0.15, 0.2) is 30.3 Å². The van der Waals surface area contributed by atoms with Crippen molar-refractivity contribution in [3.63, 3.8) is 0 Å². The molecule has 3 nitrogen and oxygen atoms in total. The summed E-state index contributed by atoms with van der Waals surface area (Å²) in [6.07, 6.45) is 1.90. The van der Waals surface area contributed by atoms with E-state index < -0.39 is 0 Å². The summed E-state index contributed by atoms with van der Waals surface area (Å²) in [4.78, 5) is 13.4. The second kappa shape index (κ2) is 5.96. The Balaban J connectivity index is 1.69. The molecule has 0 saturated carbocycles. The van der Waals surface area contributed by atoms with Crippen molar-refractivity contribution in [1.29, 1.82) is 0 Å². The molecule has 1 aliphatic rings. The van der Waals surface area contributed by atoms with E-state index >= 15 is 0 Å².